The first-order valence-corrected chi connectivity index (χ1v) is 8.43. The van der Waals surface area contributed by atoms with Crippen LogP contribution in [0.2, 0.25) is 5.02 Å². The van der Waals surface area contributed by atoms with Crippen molar-refractivity contribution in [2.24, 2.45) is 23.5 Å². The molecule has 2 rings (SSSR count). The van der Waals surface area contributed by atoms with Gasteiger partial charge in [-0.15, -0.1) is 0 Å². The SMILES string of the molecule is CC1CCC(C(C)C)C(Oc2ccc(C(N)=S)cc2Cl)C1. The van der Waals surface area contributed by atoms with Crippen molar-refractivity contribution in [3.05, 3.63) is 28.8 Å². The van der Waals surface area contributed by atoms with Crippen molar-refractivity contribution in [1.82, 2.24) is 0 Å². The Morgan fingerprint density at radius 2 is 2.10 bits per heavy atom. The van der Waals surface area contributed by atoms with Crippen LogP contribution >= 0.6 is 23.8 Å². The van der Waals surface area contributed by atoms with E-state index in [0.717, 1.165) is 17.7 Å². The lowest BCUT2D eigenvalue weighted by Gasteiger charge is -2.37. The molecule has 0 amide bonds. The van der Waals surface area contributed by atoms with Crippen LogP contribution in [0.25, 0.3) is 0 Å². The number of halogens is 1. The van der Waals surface area contributed by atoms with Crippen LogP contribution in [0, 0.1) is 17.8 Å². The molecule has 0 radical (unpaired) electrons. The van der Waals surface area contributed by atoms with E-state index < -0.39 is 0 Å². The molecule has 0 aliphatic heterocycles. The Labute approximate surface area is 138 Å². The highest BCUT2D eigenvalue weighted by molar-refractivity contribution is 7.80. The smallest absolute Gasteiger partial charge is 0.138 e. The van der Waals surface area contributed by atoms with E-state index in [1.807, 2.05) is 12.1 Å². The van der Waals surface area contributed by atoms with Gasteiger partial charge in [-0.3, -0.25) is 0 Å². The molecule has 1 aliphatic rings. The number of hydrogen-bond donors (Lipinski definition) is 1. The molecular weight excluding hydrogens is 302 g/mol. The summed E-state index contributed by atoms with van der Waals surface area (Å²) >= 11 is 11.3. The predicted molar refractivity (Wildman–Crippen MR) is 93.1 cm³/mol. The van der Waals surface area contributed by atoms with Crippen LogP contribution in [0.1, 0.15) is 45.6 Å². The third-order valence-corrected chi connectivity index (χ3v) is 4.99. The summed E-state index contributed by atoms with van der Waals surface area (Å²) in [4.78, 5) is 0.356. The van der Waals surface area contributed by atoms with Crippen LogP contribution in [0.15, 0.2) is 18.2 Å². The maximum atomic E-state index is 6.32. The largest absolute Gasteiger partial charge is 0.489 e. The van der Waals surface area contributed by atoms with Crippen LogP contribution in [-0.4, -0.2) is 11.1 Å². The topological polar surface area (TPSA) is 35.2 Å². The molecule has 116 valence electrons. The summed E-state index contributed by atoms with van der Waals surface area (Å²) in [5.41, 5.74) is 6.41. The lowest BCUT2D eigenvalue weighted by Crippen LogP contribution is -2.36. The number of ether oxygens (including phenoxy) is 1. The van der Waals surface area contributed by atoms with Gasteiger partial charge in [-0.25, -0.2) is 0 Å². The van der Waals surface area contributed by atoms with Crippen molar-refractivity contribution in [3.63, 3.8) is 0 Å². The van der Waals surface area contributed by atoms with Crippen LogP contribution in [0.4, 0.5) is 0 Å². The molecule has 0 saturated heterocycles. The Morgan fingerprint density at radius 1 is 1.38 bits per heavy atom. The highest BCUT2D eigenvalue weighted by Crippen LogP contribution is 2.37. The summed E-state index contributed by atoms with van der Waals surface area (Å²) in [5.74, 6) is 2.66. The first-order valence-electron chi connectivity index (χ1n) is 7.64. The lowest BCUT2D eigenvalue weighted by atomic mass is 9.75. The second-order valence-corrected chi connectivity index (χ2v) is 7.34. The first-order chi connectivity index (χ1) is 9.88. The molecule has 1 aliphatic carbocycles. The van der Waals surface area contributed by atoms with E-state index in [-0.39, 0.29) is 6.10 Å². The van der Waals surface area contributed by atoms with E-state index in [1.54, 1.807) is 6.07 Å². The molecule has 0 heterocycles. The van der Waals surface area contributed by atoms with Gasteiger partial charge in [-0.05, 0) is 48.8 Å². The Hall–Kier alpha value is -0.800. The average Bonchev–Trinajstić information content (AvgIpc) is 2.40. The second-order valence-electron chi connectivity index (χ2n) is 6.49. The van der Waals surface area contributed by atoms with Gasteiger partial charge in [-0.2, -0.15) is 0 Å². The zero-order valence-electron chi connectivity index (χ0n) is 12.9. The maximum absolute atomic E-state index is 6.32. The van der Waals surface area contributed by atoms with Gasteiger partial charge < -0.3 is 10.5 Å². The van der Waals surface area contributed by atoms with Crippen molar-refractivity contribution >= 4 is 28.8 Å². The van der Waals surface area contributed by atoms with Crippen LogP contribution in [0.3, 0.4) is 0 Å². The first kappa shape index (κ1) is 16.6. The minimum absolute atomic E-state index is 0.238. The van der Waals surface area contributed by atoms with E-state index in [9.17, 15) is 0 Å². The molecule has 1 aromatic carbocycles. The van der Waals surface area contributed by atoms with Gasteiger partial charge in [0.15, 0.2) is 0 Å². The molecular formula is C17H24ClNOS. The van der Waals surface area contributed by atoms with Crippen molar-refractivity contribution < 1.29 is 4.74 Å². The summed E-state index contributed by atoms with van der Waals surface area (Å²) in [6.45, 7) is 6.84. The summed E-state index contributed by atoms with van der Waals surface area (Å²) in [6, 6.07) is 5.55. The average molecular weight is 326 g/mol. The van der Waals surface area contributed by atoms with Crippen LogP contribution in [-0.2, 0) is 0 Å². The summed E-state index contributed by atoms with van der Waals surface area (Å²) < 4.78 is 6.25. The number of benzene rings is 1. The molecule has 3 atom stereocenters. The fraction of sp³-hybridized carbons (Fsp3) is 0.588. The van der Waals surface area contributed by atoms with Gasteiger partial charge in [-0.1, -0.05) is 51.0 Å². The van der Waals surface area contributed by atoms with Crippen LogP contribution in [0.5, 0.6) is 5.75 Å². The molecule has 0 aromatic heterocycles. The van der Waals surface area contributed by atoms with E-state index >= 15 is 0 Å². The molecule has 2 nitrogen and oxygen atoms in total. The van der Waals surface area contributed by atoms with Gasteiger partial charge in [0.25, 0.3) is 0 Å². The van der Waals surface area contributed by atoms with E-state index in [1.165, 1.54) is 12.8 Å². The third kappa shape index (κ3) is 4.10. The molecule has 21 heavy (non-hydrogen) atoms. The second kappa shape index (κ2) is 6.97. The van der Waals surface area contributed by atoms with E-state index in [2.05, 4.69) is 20.8 Å². The van der Waals surface area contributed by atoms with Gasteiger partial charge in [0.1, 0.15) is 16.8 Å². The van der Waals surface area contributed by atoms with Crippen molar-refractivity contribution in [2.75, 3.05) is 0 Å². The number of rotatable bonds is 4. The zero-order valence-corrected chi connectivity index (χ0v) is 14.5. The predicted octanol–water partition coefficient (Wildman–Crippen LogP) is 4.81. The van der Waals surface area contributed by atoms with Gasteiger partial charge in [0, 0.05) is 5.56 Å². The van der Waals surface area contributed by atoms with Crippen molar-refractivity contribution in [1.29, 1.82) is 0 Å². The zero-order chi connectivity index (χ0) is 15.6. The molecule has 1 aromatic rings. The third-order valence-electron chi connectivity index (χ3n) is 4.46. The summed E-state index contributed by atoms with van der Waals surface area (Å²) in [7, 11) is 0. The number of nitrogens with two attached hydrogens (primary N) is 1. The molecule has 2 N–H and O–H groups in total. The summed E-state index contributed by atoms with van der Waals surface area (Å²) in [6.07, 6.45) is 3.85. The Bertz CT molecular complexity index is 518. The fourth-order valence-corrected chi connectivity index (χ4v) is 3.52. The minimum atomic E-state index is 0.238. The van der Waals surface area contributed by atoms with E-state index in [0.29, 0.717) is 27.8 Å². The standard InChI is InChI=1S/C17H24ClNOS/c1-10(2)13-6-4-11(3)8-16(13)20-15-7-5-12(17(19)21)9-14(15)18/h5,7,9-11,13,16H,4,6,8H2,1-3H3,(H2,19,21). The number of thiocarbonyl (C=S) groups is 1. The highest BCUT2D eigenvalue weighted by atomic mass is 35.5. The Balaban J connectivity index is 2.16. The molecule has 1 saturated carbocycles. The Morgan fingerprint density at radius 3 is 2.67 bits per heavy atom. The monoisotopic (exact) mass is 325 g/mol. The van der Waals surface area contributed by atoms with Gasteiger partial charge in [0.05, 0.1) is 5.02 Å². The van der Waals surface area contributed by atoms with E-state index in [4.69, 9.17) is 34.3 Å². The fourth-order valence-electron chi connectivity index (χ4n) is 3.16. The Kier molecular flexibility index (Phi) is 5.50. The highest BCUT2D eigenvalue weighted by Gasteiger charge is 2.32. The quantitative estimate of drug-likeness (QED) is 0.806. The lowest BCUT2D eigenvalue weighted by molar-refractivity contribution is 0.0461. The molecule has 1 fully saturated rings. The van der Waals surface area contributed by atoms with Crippen LogP contribution < -0.4 is 10.5 Å². The van der Waals surface area contributed by atoms with Gasteiger partial charge >= 0.3 is 0 Å². The summed E-state index contributed by atoms with van der Waals surface area (Å²) in [5, 5.41) is 0.584. The molecule has 0 spiro atoms. The van der Waals surface area contributed by atoms with Gasteiger partial charge in [0.2, 0.25) is 0 Å². The number of hydrogen-bond acceptors (Lipinski definition) is 2. The molecule has 4 heteroatoms. The normalized spacial score (nSPS) is 25.9. The maximum Gasteiger partial charge on any atom is 0.138 e. The molecule has 3 unspecified atom stereocenters. The van der Waals surface area contributed by atoms with Crippen molar-refractivity contribution in [2.45, 2.75) is 46.1 Å². The molecule has 0 bridgehead atoms. The minimum Gasteiger partial charge on any atom is -0.489 e. The van der Waals surface area contributed by atoms with Crippen molar-refractivity contribution in [3.8, 4) is 5.75 Å².